The van der Waals surface area contributed by atoms with E-state index in [0.717, 1.165) is 12.1 Å². The monoisotopic (exact) mass is 466 g/mol. The van der Waals surface area contributed by atoms with E-state index >= 15 is 0 Å². The second-order valence-electron chi connectivity index (χ2n) is 8.23. The third-order valence-electron chi connectivity index (χ3n) is 4.77. The second-order valence-corrected chi connectivity index (χ2v) is 8.23. The Kier molecular flexibility index (Phi) is 5.76. The van der Waals surface area contributed by atoms with Crippen LogP contribution in [0.25, 0.3) is 5.65 Å². The minimum absolute atomic E-state index is 0.0690. The molecule has 0 fully saturated rings. The molecule has 4 rings (SSSR count). The van der Waals surface area contributed by atoms with Gasteiger partial charge in [-0.15, -0.1) is 0 Å². The van der Waals surface area contributed by atoms with Crippen molar-refractivity contribution in [2.45, 2.75) is 38.5 Å². The first-order chi connectivity index (χ1) is 15.5. The van der Waals surface area contributed by atoms with Gasteiger partial charge in [0.05, 0.1) is 17.8 Å². The van der Waals surface area contributed by atoms with Crippen LogP contribution in [0.15, 0.2) is 41.7 Å². The minimum Gasteiger partial charge on any atom is -0.484 e. The summed E-state index contributed by atoms with van der Waals surface area (Å²) < 4.78 is 63.6. The summed E-state index contributed by atoms with van der Waals surface area (Å²) in [5, 5.41) is 10.4. The Morgan fingerprint density at radius 1 is 1.27 bits per heavy atom. The van der Waals surface area contributed by atoms with E-state index in [-0.39, 0.29) is 16.9 Å². The highest BCUT2D eigenvalue weighted by atomic mass is 19.4. The van der Waals surface area contributed by atoms with Gasteiger partial charge in [0, 0.05) is 11.8 Å². The number of anilines is 2. The SMILES string of the molecule is CC(Nc1ccn2ncc(NC3=NC(C)(C)CO3)c2n1)c1cc(F)ccc1OCC(F)(F)F. The van der Waals surface area contributed by atoms with Gasteiger partial charge in [0.1, 0.15) is 29.7 Å². The molecule has 0 radical (unpaired) electrons. The summed E-state index contributed by atoms with van der Waals surface area (Å²) in [5.41, 5.74) is 0.917. The van der Waals surface area contributed by atoms with Crippen molar-refractivity contribution >= 4 is 23.2 Å². The van der Waals surface area contributed by atoms with Crippen molar-refractivity contribution in [2.75, 3.05) is 23.8 Å². The summed E-state index contributed by atoms with van der Waals surface area (Å²) in [5.74, 6) is -0.260. The average Bonchev–Trinajstić information content (AvgIpc) is 3.28. The van der Waals surface area contributed by atoms with E-state index < -0.39 is 24.6 Å². The maximum Gasteiger partial charge on any atom is 0.422 e. The maximum atomic E-state index is 13.8. The van der Waals surface area contributed by atoms with Crippen LogP contribution in [0.5, 0.6) is 5.75 Å². The first-order valence-electron chi connectivity index (χ1n) is 10.1. The van der Waals surface area contributed by atoms with Gasteiger partial charge < -0.3 is 20.1 Å². The van der Waals surface area contributed by atoms with Crippen LogP contribution in [0.3, 0.4) is 0 Å². The van der Waals surface area contributed by atoms with Crippen molar-refractivity contribution < 1.29 is 27.0 Å². The van der Waals surface area contributed by atoms with Gasteiger partial charge in [-0.05, 0) is 45.0 Å². The van der Waals surface area contributed by atoms with Gasteiger partial charge in [-0.25, -0.2) is 18.9 Å². The van der Waals surface area contributed by atoms with Crippen molar-refractivity contribution in [2.24, 2.45) is 4.99 Å². The molecule has 3 aromatic rings. The fourth-order valence-corrected chi connectivity index (χ4v) is 3.25. The van der Waals surface area contributed by atoms with Gasteiger partial charge in [-0.2, -0.15) is 18.3 Å². The number of hydrogen-bond acceptors (Lipinski definition) is 7. The molecular formula is C21H22F4N6O2. The van der Waals surface area contributed by atoms with E-state index in [2.05, 4.69) is 25.7 Å². The smallest absolute Gasteiger partial charge is 0.422 e. The molecule has 33 heavy (non-hydrogen) atoms. The van der Waals surface area contributed by atoms with Crippen LogP contribution in [0.1, 0.15) is 32.4 Å². The number of amidine groups is 1. The summed E-state index contributed by atoms with van der Waals surface area (Å²) in [6.45, 7) is 4.52. The van der Waals surface area contributed by atoms with Gasteiger partial charge >= 0.3 is 6.18 Å². The first kappa shape index (κ1) is 22.6. The Morgan fingerprint density at radius 3 is 2.76 bits per heavy atom. The van der Waals surface area contributed by atoms with E-state index in [9.17, 15) is 17.6 Å². The predicted molar refractivity (Wildman–Crippen MR) is 114 cm³/mol. The average molecular weight is 466 g/mol. The third-order valence-corrected chi connectivity index (χ3v) is 4.77. The molecule has 0 aliphatic carbocycles. The van der Waals surface area contributed by atoms with Crippen molar-refractivity contribution in [3.8, 4) is 5.75 Å². The van der Waals surface area contributed by atoms with Gasteiger partial charge in [-0.1, -0.05) is 0 Å². The van der Waals surface area contributed by atoms with E-state index in [4.69, 9.17) is 9.47 Å². The molecule has 0 amide bonds. The lowest BCUT2D eigenvalue weighted by Gasteiger charge is -2.19. The molecule has 2 N–H and O–H groups in total. The molecule has 1 unspecified atom stereocenters. The zero-order valence-electron chi connectivity index (χ0n) is 18.1. The Morgan fingerprint density at radius 2 is 2.06 bits per heavy atom. The molecule has 3 heterocycles. The molecule has 176 valence electrons. The van der Waals surface area contributed by atoms with Crippen LogP contribution in [-0.4, -0.2) is 45.5 Å². The molecule has 0 saturated carbocycles. The number of aliphatic imine (C=N–C) groups is 1. The van der Waals surface area contributed by atoms with Gasteiger partial charge in [0.15, 0.2) is 12.3 Å². The summed E-state index contributed by atoms with van der Waals surface area (Å²) in [6.07, 6.45) is -1.28. The lowest BCUT2D eigenvalue weighted by atomic mass is 10.1. The van der Waals surface area contributed by atoms with Crippen molar-refractivity contribution in [3.05, 3.63) is 48.0 Å². The number of fused-ring (bicyclic) bond motifs is 1. The molecule has 1 aliphatic rings. The highest BCUT2D eigenvalue weighted by Gasteiger charge is 2.29. The van der Waals surface area contributed by atoms with Crippen LogP contribution in [-0.2, 0) is 4.74 Å². The molecule has 0 bridgehead atoms. The zero-order valence-corrected chi connectivity index (χ0v) is 18.1. The molecule has 2 aromatic heterocycles. The lowest BCUT2D eigenvalue weighted by Crippen LogP contribution is -2.20. The second kappa shape index (κ2) is 8.41. The van der Waals surface area contributed by atoms with Gasteiger partial charge in [-0.3, -0.25) is 0 Å². The number of hydrogen-bond donors (Lipinski definition) is 2. The first-order valence-corrected chi connectivity index (χ1v) is 10.1. The van der Waals surface area contributed by atoms with Crippen LogP contribution >= 0.6 is 0 Å². The quantitative estimate of drug-likeness (QED) is 0.518. The number of ether oxygens (including phenoxy) is 2. The number of rotatable bonds is 6. The van der Waals surface area contributed by atoms with Crippen LogP contribution in [0, 0.1) is 5.82 Å². The number of nitrogens with one attached hydrogen (secondary N) is 2. The molecule has 1 aliphatic heterocycles. The Labute approximate surface area is 186 Å². The molecule has 12 heteroatoms. The van der Waals surface area contributed by atoms with Gasteiger partial charge in [0.25, 0.3) is 6.02 Å². The molecule has 8 nitrogen and oxygen atoms in total. The number of halogens is 4. The molecule has 1 atom stereocenters. The standard InChI is InChI=1S/C21H22F4N6O2/c1-12(14-8-13(22)4-5-16(14)32-11-21(23,24)25)27-17-6-7-31-18(29-17)15(9-26-31)28-19-30-20(2,3)10-33-19/h4-9,12H,10-11H2,1-3H3,(H,27,29)(H,28,30). The van der Waals surface area contributed by atoms with Crippen LogP contribution < -0.4 is 15.4 Å². The molecule has 0 saturated heterocycles. The molecule has 0 spiro atoms. The third kappa shape index (κ3) is 5.44. The number of benzene rings is 1. The van der Waals surface area contributed by atoms with Crippen molar-refractivity contribution in [1.82, 2.24) is 14.6 Å². The van der Waals surface area contributed by atoms with E-state index in [1.54, 1.807) is 29.9 Å². The van der Waals surface area contributed by atoms with Crippen LogP contribution in [0.2, 0.25) is 0 Å². The normalized spacial score (nSPS) is 16.3. The van der Waals surface area contributed by atoms with E-state index in [1.165, 1.54) is 6.07 Å². The maximum absolute atomic E-state index is 13.8. The summed E-state index contributed by atoms with van der Waals surface area (Å²) in [7, 11) is 0. The number of nitrogens with zero attached hydrogens (tertiary/aromatic N) is 4. The fourth-order valence-electron chi connectivity index (χ4n) is 3.25. The molecular weight excluding hydrogens is 444 g/mol. The Balaban J connectivity index is 1.55. The largest absolute Gasteiger partial charge is 0.484 e. The predicted octanol–water partition coefficient (Wildman–Crippen LogP) is 4.56. The zero-order chi connectivity index (χ0) is 23.8. The summed E-state index contributed by atoms with van der Waals surface area (Å²) in [6, 6.07) is 4.74. The van der Waals surface area contributed by atoms with E-state index in [1.807, 2.05) is 13.8 Å². The summed E-state index contributed by atoms with van der Waals surface area (Å²) in [4.78, 5) is 8.96. The van der Waals surface area contributed by atoms with E-state index in [0.29, 0.717) is 29.8 Å². The Hall–Kier alpha value is -3.57. The van der Waals surface area contributed by atoms with Gasteiger partial charge in [0.2, 0.25) is 0 Å². The summed E-state index contributed by atoms with van der Waals surface area (Å²) >= 11 is 0. The molecule has 1 aromatic carbocycles. The minimum atomic E-state index is -4.51. The highest BCUT2D eigenvalue weighted by molar-refractivity contribution is 5.94. The van der Waals surface area contributed by atoms with Crippen molar-refractivity contribution in [3.63, 3.8) is 0 Å². The highest BCUT2D eigenvalue weighted by Crippen LogP contribution is 2.30. The van der Waals surface area contributed by atoms with Crippen LogP contribution in [0.4, 0.5) is 29.1 Å². The Bertz CT molecular complexity index is 1190. The number of alkyl halides is 3. The van der Waals surface area contributed by atoms with Crippen molar-refractivity contribution in [1.29, 1.82) is 0 Å². The lowest BCUT2D eigenvalue weighted by molar-refractivity contribution is -0.153. The number of aromatic nitrogens is 3. The topological polar surface area (TPSA) is 85.1 Å². The fraction of sp³-hybridized carbons (Fsp3) is 0.381.